The van der Waals surface area contributed by atoms with Crippen molar-refractivity contribution in [1.29, 1.82) is 0 Å². The van der Waals surface area contributed by atoms with Gasteiger partial charge in [-0.15, -0.1) is 5.10 Å². The maximum absolute atomic E-state index is 5.88. The molecule has 0 bridgehead atoms. The molecular formula is C21H23N3O. The van der Waals surface area contributed by atoms with Gasteiger partial charge in [0.2, 0.25) is 0 Å². The van der Waals surface area contributed by atoms with Crippen LogP contribution in [0.2, 0.25) is 0 Å². The topological polar surface area (TPSA) is 39.9 Å². The Balaban J connectivity index is 2.11. The lowest BCUT2D eigenvalue weighted by Gasteiger charge is -2.27. The van der Waals surface area contributed by atoms with E-state index in [-0.39, 0.29) is 11.6 Å². The largest absolute Gasteiger partial charge is 0.376 e. The Morgan fingerprint density at radius 2 is 1.68 bits per heavy atom. The smallest absolute Gasteiger partial charge is 0.121 e. The minimum absolute atomic E-state index is 0.00817. The van der Waals surface area contributed by atoms with E-state index in [1.54, 1.807) is 7.11 Å². The highest BCUT2D eigenvalue weighted by molar-refractivity contribution is 5.82. The lowest BCUT2D eigenvalue weighted by atomic mass is 9.87. The van der Waals surface area contributed by atoms with Gasteiger partial charge in [-0.2, -0.15) is 0 Å². The van der Waals surface area contributed by atoms with Crippen LogP contribution in [0.4, 0.5) is 0 Å². The van der Waals surface area contributed by atoms with Crippen LogP contribution in [0.25, 0.3) is 22.5 Å². The summed E-state index contributed by atoms with van der Waals surface area (Å²) in [5, 5.41) is 9.11. The van der Waals surface area contributed by atoms with Gasteiger partial charge in [0, 0.05) is 24.7 Å². The van der Waals surface area contributed by atoms with Crippen molar-refractivity contribution in [2.75, 3.05) is 7.11 Å². The fourth-order valence-corrected chi connectivity index (χ4v) is 3.62. The summed E-state index contributed by atoms with van der Waals surface area (Å²) in [5.74, 6) is 0. The van der Waals surface area contributed by atoms with Crippen LogP contribution in [0.5, 0.6) is 0 Å². The van der Waals surface area contributed by atoms with Gasteiger partial charge in [-0.05, 0) is 31.9 Å². The third kappa shape index (κ3) is 2.57. The maximum Gasteiger partial charge on any atom is 0.121 e. The predicted molar refractivity (Wildman–Crippen MR) is 99.3 cm³/mol. The van der Waals surface area contributed by atoms with Crippen LogP contribution < -0.4 is 0 Å². The summed E-state index contributed by atoms with van der Waals surface area (Å²) in [6.07, 6.45) is 0.833. The van der Waals surface area contributed by atoms with Crippen molar-refractivity contribution in [3.8, 4) is 22.5 Å². The first-order chi connectivity index (χ1) is 12.0. The maximum atomic E-state index is 5.88. The van der Waals surface area contributed by atoms with Crippen molar-refractivity contribution in [3.05, 3.63) is 59.7 Å². The number of methoxy groups -OCH3 is 1. The number of nitrogens with zero attached hydrogens (tertiary/aromatic N) is 3. The standard InChI is InChI=1S/C21H23N3O/c1-21(2,3)24-20-17-12-8-7-11-16(17)18(25-4)13-14-9-5-6-10-15(14)19(20)22-23-24/h5-12,18H,13H2,1-4H3. The molecule has 1 unspecified atom stereocenters. The first-order valence-corrected chi connectivity index (χ1v) is 8.67. The third-order valence-corrected chi connectivity index (χ3v) is 4.83. The van der Waals surface area contributed by atoms with Gasteiger partial charge < -0.3 is 4.74 Å². The van der Waals surface area contributed by atoms with E-state index in [9.17, 15) is 0 Å². The van der Waals surface area contributed by atoms with Crippen LogP contribution in [0.3, 0.4) is 0 Å². The second-order valence-corrected chi connectivity index (χ2v) is 7.54. The van der Waals surface area contributed by atoms with E-state index in [0.29, 0.717) is 0 Å². The molecule has 0 saturated carbocycles. The van der Waals surface area contributed by atoms with E-state index in [2.05, 4.69) is 79.6 Å². The molecule has 1 aromatic heterocycles. The molecule has 4 nitrogen and oxygen atoms in total. The zero-order valence-electron chi connectivity index (χ0n) is 15.2. The Labute approximate surface area is 148 Å². The summed E-state index contributed by atoms with van der Waals surface area (Å²) in [6.45, 7) is 6.47. The molecule has 1 aliphatic rings. The molecule has 3 aromatic rings. The van der Waals surface area contributed by atoms with Crippen molar-refractivity contribution in [2.24, 2.45) is 0 Å². The van der Waals surface area contributed by atoms with Crippen molar-refractivity contribution in [2.45, 2.75) is 38.8 Å². The van der Waals surface area contributed by atoms with E-state index in [0.717, 1.165) is 28.9 Å². The molecule has 4 rings (SSSR count). The molecule has 25 heavy (non-hydrogen) atoms. The summed E-state index contributed by atoms with van der Waals surface area (Å²) < 4.78 is 7.91. The number of fused-ring (bicyclic) bond motifs is 5. The van der Waals surface area contributed by atoms with Gasteiger partial charge in [0.15, 0.2) is 0 Å². The van der Waals surface area contributed by atoms with Gasteiger partial charge in [-0.25, -0.2) is 4.68 Å². The molecular weight excluding hydrogens is 310 g/mol. The van der Waals surface area contributed by atoms with Gasteiger partial charge in [-0.3, -0.25) is 0 Å². The molecule has 1 aliphatic carbocycles. The van der Waals surface area contributed by atoms with Crippen LogP contribution in [0.1, 0.15) is 38.0 Å². The molecule has 0 fully saturated rings. The Kier molecular flexibility index (Phi) is 3.73. The van der Waals surface area contributed by atoms with Gasteiger partial charge in [0.25, 0.3) is 0 Å². The van der Waals surface area contributed by atoms with Crippen molar-refractivity contribution in [3.63, 3.8) is 0 Å². The third-order valence-electron chi connectivity index (χ3n) is 4.83. The summed E-state index contributed by atoms with van der Waals surface area (Å²) in [5.41, 5.74) is 6.58. The number of benzene rings is 2. The minimum Gasteiger partial charge on any atom is -0.376 e. The number of aromatic nitrogens is 3. The molecule has 0 N–H and O–H groups in total. The van der Waals surface area contributed by atoms with E-state index >= 15 is 0 Å². The molecule has 128 valence electrons. The van der Waals surface area contributed by atoms with Crippen LogP contribution in [0, 0.1) is 0 Å². The molecule has 1 atom stereocenters. The Morgan fingerprint density at radius 1 is 1.00 bits per heavy atom. The summed E-state index contributed by atoms with van der Waals surface area (Å²) >= 11 is 0. The van der Waals surface area contributed by atoms with Crippen molar-refractivity contribution < 1.29 is 4.74 Å². The molecule has 2 aromatic carbocycles. The Morgan fingerprint density at radius 3 is 2.40 bits per heavy atom. The zero-order chi connectivity index (χ0) is 17.6. The highest BCUT2D eigenvalue weighted by Gasteiger charge is 2.30. The minimum atomic E-state index is -0.162. The molecule has 1 heterocycles. The number of ether oxygens (including phenoxy) is 1. The van der Waals surface area contributed by atoms with Crippen LogP contribution >= 0.6 is 0 Å². The summed E-state index contributed by atoms with van der Waals surface area (Å²) in [6, 6.07) is 16.9. The van der Waals surface area contributed by atoms with E-state index < -0.39 is 0 Å². The van der Waals surface area contributed by atoms with E-state index in [1.807, 2.05) is 4.68 Å². The average Bonchev–Trinajstić information content (AvgIpc) is 3.03. The Hall–Kier alpha value is -2.46. The average molecular weight is 333 g/mol. The Bertz CT molecular complexity index is 921. The highest BCUT2D eigenvalue weighted by Crippen LogP contribution is 2.42. The fraction of sp³-hybridized carbons (Fsp3) is 0.333. The SMILES string of the molecule is COC1Cc2ccccc2-c2nnn(C(C)(C)C)c2-c2ccccc21. The summed E-state index contributed by atoms with van der Waals surface area (Å²) in [7, 11) is 1.78. The quantitative estimate of drug-likeness (QED) is 0.653. The van der Waals surface area contributed by atoms with Gasteiger partial charge in [0.05, 0.1) is 17.3 Å². The van der Waals surface area contributed by atoms with Crippen LogP contribution in [-0.2, 0) is 16.7 Å². The van der Waals surface area contributed by atoms with E-state index in [4.69, 9.17) is 4.74 Å². The van der Waals surface area contributed by atoms with Crippen LogP contribution in [-0.4, -0.2) is 22.1 Å². The lowest BCUT2D eigenvalue weighted by Crippen LogP contribution is -2.25. The monoisotopic (exact) mass is 333 g/mol. The number of hydrogen-bond donors (Lipinski definition) is 0. The molecule has 0 saturated heterocycles. The summed E-state index contributed by atoms with van der Waals surface area (Å²) in [4.78, 5) is 0. The van der Waals surface area contributed by atoms with Gasteiger partial charge in [0.1, 0.15) is 5.69 Å². The normalized spacial score (nSPS) is 16.4. The number of hydrogen-bond acceptors (Lipinski definition) is 3. The van der Waals surface area contributed by atoms with Gasteiger partial charge >= 0.3 is 0 Å². The lowest BCUT2D eigenvalue weighted by molar-refractivity contribution is 0.104. The fourth-order valence-electron chi connectivity index (χ4n) is 3.62. The second-order valence-electron chi connectivity index (χ2n) is 7.54. The van der Waals surface area contributed by atoms with E-state index in [1.165, 1.54) is 11.1 Å². The second kappa shape index (κ2) is 5.81. The molecule has 4 heteroatoms. The van der Waals surface area contributed by atoms with Gasteiger partial charge in [-0.1, -0.05) is 53.7 Å². The van der Waals surface area contributed by atoms with Crippen molar-refractivity contribution in [1.82, 2.24) is 15.0 Å². The molecule has 0 spiro atoms. The van der Waals surface area contributed by atoms with Crippen LogP contribution in [0.15, 0.2) is 48.5 Å². The first-order valence-electron chi connectivity index (χ1n) is 8.67. The molecule has 0 aliphatic heterocycles. The highest BCUT2D eigenvalue weighted by atomic mass is 16.5. The molecule has 0 radical (unpaired) electrons. The zero-order valence-corrected chi connectivity index (χ0v) is 15.2. The first kappa shape index (κ1) is 16.0. The predicted octanol–water partition coefficient (Wildman–Crippen LogP) is 4.61. The molecule has 0 amide bonds. The van der Waals surface area contributed by atoms with Crippen molar-refractivity contribution >= 4 is 0 Å². The number of rotatable bonds is 1.